The highest BCUT2D eigenvalue weighted by Crippen LogP contribution is 2.25. The van der Waals surface area contributed by atoms with Crippen LogP contribution in [0, 0.1) is 0 Å². The number of halogens is 1. The summed E-state index contributed by atoms with van der Waals surface area (Å²) in [5.74, 6) is -0.191. The lowest BCUT2D eigenvalue weighted by Crippen LogP contribution is -2.11. The minimum absolute atomic E-state index is 0.191. The van der Waals surface area contributed by atoms with Crippen molar-refractivity contribution in [1.82, 2.24) is 9.97 Å². The second-order valence-electron chi connectivity index (χ2n) is 4.20. The summed E-state index contributed by atoms with van der Waals surface area (Å²) in [4.78, 5) is 20.3. The largest absolute Gasteiger partial charge is 0.298 e. The molecule has 3 rings (SSSR count). The first-order chi connectivity index (χ1) is 10.2. The summed E-state index contributed by atoms with van der Waals surface area (Å²) < 4.78 is 0. The molecule has 0 radical (unpaired) electrons. The molecule has 104 valence electrons. The maximum Gasteiger partial charge on any atom is 0.257 e. The number of carbonyl (C=O) groups excluding carboxylic acids is 1. The average Bonchev–Trinajstić information content (AvgIpc) is 3.01. The Balaban J connectivity index is 1.81. The molecule has 0 aliphatic rings. The van der Waals surface area contributed by atoms with E-state index in [4.69, 9.17) is 11.6 Å². The Morgan fingerprint density at radius 1 is 1.10 bits per heavy atom. The van der Waals surface area contributed by atoms with Crippen molar-refractivity contribution in [3.05, 3.63) is 64.8 Å². The lowest BCUT2D eigenvalue weighted by atomic mass is 10.1. The van der Waals surface area contributed by atoms with Gasteiger partial charge < -0.3 is 0 Å². The van der Waals surface area contributed by atoms with Crippen molar-refractivity contribution < 1.29 is 4.79 Å². The Kier molecular flexibility index (Phi) is 3.94. The van der Waals surface area contributed by atoms with Gasteiger partial charge in [-0.15, -0.1) is 11.3 Å². The summed E-state index contributed by atoms with van der Waals surface area (Å²) in [5, 5.41) is 5.70. The fourth-order valence-electron chi connectivity index (χ4n) is 1.83. The van der Waals surface area contributed by atoms with Crippen molar-refractivity contribution in [2.24, 2.45) is 0 Å². The number of amides is 1. The topological polar surface area (TPSA) is 54.9 Å². The molecule has 1 amide bonds. The number of hydrogen-bond acceptors (Lipinski definition) is 4. The molecule has 2 aromatic heterocycles. The van der Waals surface area contributed by atoms with E-state index in [1.54, 1.807) is 36.7 Å². The third kappa shape index (κ3) is 3.09. The van der Waals surface area contributed by atoms with Crippen LogP contribution in [0.1, 0.15) is 10.4 Å². The number of pyridine rings is 1. The first kappa shape index (κ1) is 13.7. The third-order valence-electron chi connectivity index (χ3n) is 2.83. The second-order valence-corrected chi connectivity index (χ2v) is 5.50. The third-order valence-corrected chi connectivity index (χ3v) is 3.83. The van der Waals surface area contributed by atoms with Crippen LogP contribution >= 0.6 is 22.9 Å². The van der Waals surface area contributed by atoms with E-state index < -0.39 is 0 Å². The van der Waals surface area contributed by atoms with E-state index in [0.717, 1.165) is 5.56 Å². The molecule has 0 unspecified atom stereocenters. The smallest absolute Gasteiger partial charge is 0.257 e. The summed E-state index contributed by atoms with van der Waals surface area (Å²) >= 11 is 7.48. The monoisotopic (exact) mass is 315 g/mol. The van der Waals surface area contributed by atoms with Crippen LogP contribution in [-0.2, 0) is 0 Å². The van der Waals surface area contributed by atoms with Crippen LogP contribution in [0.5, 0.6) is 0 Å². The normalized spacial score (nSPS) is 10.3. The van der Waals surface area contributed by atoms with Crippen molar-refractivity contribution in [2.75, 3.05) is 5.32 Å². The maximum absolute atomic E-state index is 12.0. The second kappa shape index (κ2) is 6.03. The van der Waals surface area contributed by atoms with Crippen LogP contribution < -0.4 is 5.32 Å². The summed E-state index contributed by atoms with van der Waals surface area (Å²) in [6, 6.07) is 10.7. The number of thiazole rings is 1. The Hall–Kier alpha value is -2.24. The van der Waals surface area contributed by atoms with E-state index in [-0.39, 0.29) is 5.91 Å². The Labute approximate surface area is 130 Å². The van der Waals surface area contributed by atoms with Gasteiger partial charge >= 0.3 is 0 Å². The van der Waals surface area contributed by atoms with Gasteiger partial charge in [-0.3, -0.25) is 15.1 Å². The van der Waals surface area contributed by atoms with E-state index in [1.807, 2.05) is 17.5 Å². The molecular formula is C15H10ClN3OS. The molecule has 1 aromatic carbocycles. The van der Waals surface area contributed by atoms with Crippen molar-refractivity contribution >= 4 is 34.0 Å². The van der Waals surface area contributed by atoms with Crippen LogP contribution in [0.25, 0.3) is 11.3 Å². The van der Waals surface area contributed by atoms with Crippen LogP contribution in [-0.4, -0.2) is 15.9 Å². The van der Waals surface area contributed by atoms with Crippen molar-refractivity contribution in [1.29, 1.82) is 0 Å². The molecule has 2 heterocycles. The SMILES string of the molecule is O=C(Nc1nccs1)c1ccc(-c2ncccc2Cl)cc1. The number of anilines is 1. The van der Waals surface area contributed by atoms with Crippen molar-refractivity contribution in [3.63, 3.8) is 0 Å². The molecule has 3 aromatic rings. The van der Waals surface area contributed by atoms with Gasteiger partial charge in [-0.05, 0) is 24.3 Å². The van der Waals surface area contributed by atoms with Gasteiger partial charge in [-0.1, -0.05) is 23.7 Å². The molecule has 4 nitrogen and oxygen atoms in total. The summed E-state index contributed by atoms with van der Waals surface area (Å²) in [6.07, 6.45) is 3.33. The molecule has 0 saturated heterocycles. The van der Waals surface area contributed by atoms with Crippen molar-refractivity contribution in [3.8, 4) is 11.3 Å². The van der Waals surface area contributed by atoms with Gasteiger partial charge in [-0.25, -0.2) is 4.98 Å². The number of carbonyl (C=O) groups is 1. The van der Waals surface area contributed by atoms with Crippen LogP contribution in [0.15, 0.2) is 54.2 Å². The fourth-order valence-corrected chi connectivity index (χ4v) is 2.59. The zero-order valence-electron chi connectivity index (χ0n) is 10.8. The molecule has 0 bridgehead atoms. The Morgan fingerprint density at radius 2 is 1.90 bits per heavy atom. The minimum Gasteiger partial charge on any atom is -0.298 e. The molecular weight excluding hydrogens is 306 g/mol. The molecule has 0 aliphatic heterocycles. The molecule has 0 aliphatic carbocycles. The fraction of sp³-hybridized carbons (Fsp3) is 0. The number of rotatable bonds is 3. The van der Waals surface area contributed by atoms with Gasteiger partial charge in [0.15, 0.2) is 5.13 Å². The number of hydrogen-bond donors (Lipinski definition) is 1. The molecule has 0 spiro atoms. The quantitative estimate of drug-likeness (QED) is 0.791. The average molecular weight is 316 g/mol. The van der Waals surface area contributed by atoms with E-state index >= 15 is 0 Å². The number of nitrogens with zero attached hydrogens (tertiary/aromatic N) is 2. The molecule has 6 heteroatoms. The van der Waals surface area contributed by atoms with Crippen molar-refractivity contribution in [2.45, 2.75) is 0 Å². The van der Waals surface area contributed by atoms with Crippen LogP contribution in [0.4, 0.5) is 5.13 Å². The predicted molar refractivity (Wildman–Crippen MR) is 84.8 cm³/mol. The molecule has 0 saturated carbocycles. The van der Waals surface area contributed by atoms with Gasteiger partial charge in [0.25, 0.3) is 5.91 Å². The first-order valence-electron chi connectivity index (χ1n) is 6.16. The van der Waals surface area contributed by atoms with Gasteiger partial charge in [0.2, 0.25) is 0 Å². The number of benzene rings is 1. The van der Waals surface area contributed by atoms with Crippen LogP contribution in [0.3, 0.4) is 0 Å². The Morgan fingerprint density at radius 3 is 2.57 bits per heavy atom. The highest BCUT2D eigenvalue weighted by atomic mass is 35.5. The highest BCUT2D eigenvalue weighted by Gasteiger charge is 2.09. The van der Waals surface area contributed by atoms with Crippen LogP contribution in [0.2, 0.25) is 5.02 Å². The molecule has 1 N–H and O–H groups in total. The number of aromatic nitrogens is 2. The van der Waals surface area contributed by atoms with Gasteiger partial charge in [0, 0.05) is 28.9 Å². The predicted octanol–water partition coefficient (Wildman–Crippen LogP) is 4.11. The van der Waals surface area contributed by atoms with E-state index in [2.05, 4.69) is 15.3 Å². The summed E-state index contributed by atoms with van der Waals surface area (Å²) in [6.45, 7) is 0. The Bertz CT molecular complexity index is 757. The summed E-state index contributed by atoms with van der Waals surface area (Å²) in [7, 11) is 0. The number of nitrogens with one attached hydrogen (secondary N) is 1. The van der Waals surface area contributed by atoms with E-state index in [9.17, 15) is 4.79 Å². The van der Waals surface area contributed by atoms with Gasteiger partial charge in [0.05, 0.1) is 10.7 Å². The lowest BCUT2D eigenvalue weighted by molar-refractivity contribution is 0.102. The van der Waals surface area contributed by atoms with Gasteiger partial charge in [0.1, 0.15) is 0 Å². The highest BCUT2D eigenvalue weighted by molar-refractivity contribution is 7.13. The van der Waals surface area contributed by atoms with Gasteiger partial charge in [-0.2, -0.15) is 0 Å². The maximum atomic E-state index is 12.0. The zero-order chi connectivity index (χ0) is 14.7. The van der Waals surface area contributed by atoms with E-state index in [0.29, 0.717) is 21.4 Å². The molecule has 0 atom stereocenters. The molecule has 0 fully saturated rings. The standard InChI is InChI=1S/C15H10ClN3OS/c16-12-2-1-7-17-13(12)10-3-5-11(6-4-10)14(20)19-15-18-8-9-21-15/h1-9H,(H,18,19,20). The zero-order valence-corrected chi connectivity index (χ0v) is 12.4. The van der Waals surface area contributed by atoms with E-state index in [1.165, 1.54) is 11.3 Å². The minimum atomic E-state index is -0.191. The lowest BCUT2D eigenvalue weighted by Gasteiger charge is -2.05. The molecule has 21 heavy (non-hydrogen) atoms. The first-order valence-corrected chi connectivity index (χ1v) is 7.41. The summed E-state index contributed by atoms with van der Waals surface area (Å²) in [5.41, 5.74) is 2.12.